The Bertz CT molecular complexity index is 420. The number of hydrogen-bond donors (Lipinski definition) is 3. The number of nitrogen functional groups attached to an aromatic ring is 1. The van der Waals surface area contributed by atoms with Gasteiger partial charge in [0.1, 0.15) is 11.4 Å². The Balaban J connectivity index is 3.00. The first-order chi connectivity index (χ1) is 8.01. The number of halogens is 2. The molecule has 4 N–H and O–H groups in total. The van der Waals surface area contributed by atoms with Crippen LogP contribution in [0.1, 0.15) is 23.7 Å². The molecule has 0 spiro atoms. The van der Waals surface area contributed by atoms with Gasteiger partial charge in [0.15, 0.2) is 5.82 Å². The maximum absolute atomic E-state index is 13.5. The summed E-state index contributed by atoms with van der Waals surface area (Å²) in [5, 5.41) is 11.2. The van der Waals surface area contributed by atoms with Crippen LogP contribution in [0.2, 0.25) is 0 Å². The molecule has 1 amide bonds. The van der Waals surface area contributed by atoms with Crippen molar-refractivity contribution in [1.82, 2.24) is 5.32 Å². The first-order valence-electron chi connectivity index (χ1n) is 5.16. The van der Waals surface area contributed by atoms with E-state index in [1.54, 1.807) is 6.92 Å². The fourth-order valence-electron chi connectivity index (χ4n) is 1.31. The zero-order chi connectivity index (χ0) is 13.0. The fraction of sp³-hybridized carbons (Fsp3) is 0.364. The fourth-order valence-corrected chi connectivity index (χ4v) is 1.31. The van der Waals surface area contributed by atoms with Crippen LogP contribution in [0.25, 0.3) is 0 Å². The molecule has 0 aliphatic rings. The molecule has 1 aromatic rings. The normalized spacial score (nSPS) is 12.2. The van der Waals surface area contributed by atoms with Crippen molar-refractivity contribution in [2.24, 2.45) is 0 Å². The highest BCUT2D eigenvalue weighted by Gasteiger charge is 2.21. The lowest BCUT2D eigenvalue weighted by atomic mass is 10.1. The van der Waals surface area contributed by atoms with Gasteiger partial charge >= 0.3 is 0 Å². The quantitative estimate of drug-likeness (QED) is 0.693. The molecule has 1 rings (SSSR count). The van der Waals surface area contributed by atoms with Crippen LogP contribution in [0, 0.1) is 11.6 Å². The summed E-state index contributed by atoms with van der Waals surface area (Å²) < 4.78 is 26.8. The predicted octanol–water partition coefficient (Wildman–Crippen LogP) is 1.05. The molecule has 0 heterocycles. The molecular weight excluding hydrogens is 230 g/mol. The SMILES string of the molecule is CCC(CO)NC(=O)c1c(F)ccc(N)c1F. The first kappa shape index (κ1) is 13.4. The minimum atomic E-state index is -1.09. The lowest BCUT2D eigenvalue weighted by Crippen LogP contribution is -2.37. The number of aliphatic hydroxyl groups is 1. The molecule has 0 fully saturated rings. The number of nitrogens with one attached hydrogen (secondary N) is 1. The van der Waals surface area contributed by atoms with Gasteiger partial charge in [0.2, 0.25) is 0 Å². The minimum Gasteiger partial charge on any atom is -0.396 e. The molecule has 17 heavy (non-hydrogen) atoms. The molecule has 1 atom stereocenters. The van der Waals surface area contributed by atoms with Gasteiger partial charge in [0, 0.05) is 0 Å². The van der Waals surface area contributed by atoms with Crippen molar-refractivity contribution in [3.8, 4) is 0 Å². The monoisotopic (exact) mass is 244 g/mol. The number of aliphatic hydroxyl groups excluding tert-OH is 1. The van der Waals surface area contributed by atoms with Crippen molar-refractivity contribution in [3.05, 3.63) is 29.3 Å². The van der Waals surface area contributed by atoms with E-state index in [4.69, 9.17) is 10.8 Å². The zero-order valence-electron chi connectivity index (χ0n) is 9.34. The lowest BCUT2D eigenvalue weighted by molar-refractivity contribution is 0.0906. The average Bonchev–Trinajstić information content (AvgIpc) is 2.31. The summed E-state index contributed by atoms with van der Waals surface area (Å²) in [5.41, 5.74) is 4.23. The van der Waals surface area contributed by atoms with Gasteiger partial charge in [-0.05, 0) is 18.6 Å². The molecule has 0 radical (unpaired) electrons. The maximum Gasteiger partial charge on any atom is 0.257 e. The van der Waals surface area contributed by atoms with Gasteiger partial charge in [-0.2, -0.15) is 0 Å². The van der Waals surface area contributed by atoms with Gasteiger partial charge in [0.25, 0.3) is 5.91 Å². The zero-order valence-corrected chi connectivity index (χ0v) is 9.34. The summed E-state index contributed by atoms with van der Waals surface area (Å²) in [6.45, 7) is 1.43. The average molecular weight is 244 g/mol. The molecule has 0 saturated heterocycles. The van der Waals surface area contributed by atoms with E-state index >= 15 is 0 Å². The standard InChI is InChI=1S/C11H14F2N2O2/c1-2-6(5-16)15-11(17)9-7(12)3-4-8(14)10(9)13/h3-4,6,16H,2,5,14H2,1H3,(H,15,17). The third-order valence-electron chi connectivity index (χ3n) is 2.40. The highest BCUT2D eigenvalue weighted by atomic mass is 19.1. The Hall–Kier alpha value is -1.69. The first-order valence-corrected chi connectivity index (χ1v) is 5.16. The van der Waals surface area contributed by atoms with Gasteiger partial charge in [-0.1, -0.05) is 6.92 Å². The van der Waals surface area contributed by atoms with Gasteiger partial charge in [-0.25, -0.2) is 8.78 Å². The Labute approximate surface area is 97.4 Å². The van der Waals surface area contributed by atoms with Crippen LogP contribution >= 0.6 is 0 Å². The topological polar surface area (TPSA) is 75.3 Å². The second-order valence-corrected chi connectivity index (χ2v) is 3.59. The molecule has 6 heteroatoms. The van der Waals surface area contributed by atoms with Crippen LogP contribution in [0.15, 0.2) is 12.1 Å². The third-order valence-corrected chi connectivity index (χ3v) is 2.40. The van der Waals surface area contributed by atoms with Crippen LogP contribution in [-0.4, -0.2) is 23.7 Å². The number of anilines is 1. The molecule has 0 bridgehead atoms. The summed E-state index contributed by atoms with van der Waals surface area (Å²) in [5.74, 6) is -2.99. The second-order valence-electron chi connectivity index (χ2n) is 3.59. The molecule has 1 unspecified atom stereocenters. The molecule has 0 aliphatic heterocycles. The van der Waals surface area contributed by atoms with Crippen LogP contribution in [0.5, 0.6) is 0 Å². The lowest BCUT2D eigenvalue weighted by Gasteiger charge is -2.15. The summed E-state index contributed by atoms with van der Waals surface area (Å²) in [6, 6.07) is 1.43. The molecule has 1 aromatic carbocycles. The Morgan fingerprint density at radius 3 is 2.71 bits per heavy atom. The number of amides is 1. The van der Waals surface area contributed by atoms with E-state index in [1.807, 2.05) is 0 Å². The van der Waals surface area contributed by atoms with E-state index in [1.165, 1.54) is 0 Å². The van der Waals surface area contributed by atoms with Gasteiger partial charge in [-0.15, -0.1) is 0 Å². The molecular formula is C11H14F2N2O2. The second kappa shape index (κ2) is 5.58. The van der Waals surface area contributed by atoms with E-state index in [0.29, 0.717) is 6.42 Å². The smallest absolute Gasteiger partial charge is 0.257 e. The number of hydrogen-bond acceptors (Lipinski definition) is 3. The Morgan fingerprint density at radius 2 is 2.18 bits per heavy atom. The summed E-state index contributed by atoms with van der Waals surface area (Å²) >= 11 is 0. The molecule has 4 nitrogen and oxygen atoms in total. The summed E-state index contributed by atoms with van der Waals surface area (Å²) in [4.78, 5) is 11.6. The summed E-state index contributed by atoms with van der Waals surface area (Å²) in [7, 11) is 0. The molecule has 94 valence electrons. The van der Waals surface area contributed by atoms with Gasteiger partial charge in [-0.3, -0.25) is 4.79 Å². The number of benzene rings is 1. The number of carbonyl (C=O) groups is 1. The van der Waals surface area contributed by atoms with Gasteiger partial charge in [0.05, 0.1) is 18.3 Å². The van der Waals surface area contributed by atoms with Crippen LogP contribution in [0.4, 0.5) is 14.5 Å². The Morgan fingerprint density at radius 1 is 1.53 bits per heavy atom. The highest BCUT2D eigenvalue weighted by molar-refractivity contribution is 5.95. The van der Waals surface area contributed by atoms with Crippen molar-refractivity contribution in [2.75, 3.05) is 12.3 Å². The van der Waals surface area contributed by atoms with E-state index in [9.17, 15) is 13.6 Å². The van der Waals surface area contributed by atoms with Crippen molar-refractivity contribution in [2.45, 2.75) is 19.4 Å². The molecule has 0 aromatic heterocycles. The van der Waals surface area contributed by atoms with Crippen LogP contribution in [-0.2, 0) is 0 Å². The third kappa shape index (κ3) is 2.91. The maximum atomic E-state index is 13.5. The molecule has 0 saturated carbocycles. The van der Waals surface area contributed by atoms with Gasteiger partial charge < -0.3 is 16.2 Å². The summed E-state index contributed by atoms with van der Waals surface area (Å²) in [6.07, 6.45) is 0.452. The van der Waals surface area contributed by atoms with E-state index in [2.05, 4.69) is 5.32 Å². The highest BCUT2D eigenvalue weighted by Crippen LogP contribution is 2.18. The van der Waals surface area contributed by atoms with E-state index in [0.717, 1.165) is 12.1 Å². The number of rotatable bonds is 4. The minimum absolute atomic E-state index is 0.298. The van der Waals surface area contributed by atoms with E-state index in [-0.39, 0.29) is 12.3 Å². The van der Waals surface area contributed by atoms with Crippen molar-refractivity contribution in [3.63, 3.8) is 0 Å². The van der Waals surface area contributed by atoms with Crippen LogP contribution in [0.3, 0.4) is 0 Å². The van der Waals surface area contributed by atoms with E-state index < -0.39 is 29.1 Å². The van der Waals surface area contributed by atoms with Crippen molar-refractivity contribution < 1.29 is 18.7 Å². The molecule has 0 aliphatic carbocycles. The predicted molar refractivity (Wildman–Crippen MR) is 59.4 cm³/mol. The van der Waals surface area contributed by atoms with Crippen molar-refractivity contribution in [1.29, 1.82) is 0 Å². The Kier molecular flexibility index (Phi) is 4.39. The number of nitrogens with two attached hydrogens (primary N) is 1. The van der Waals surface area contributed by atoms with Crippen molar-refractivity contribution >= 4 is 11.6 Å². The largest absolute Gasteiger partial charge is 0.396 e. The van der Waals surface area contributed by atoms with Crippen LogP contribution < -0.4 is 11.1 Å². The number of carbonyl (C=O) groups excluding carboxylic acids is 1.